The molecule has 0 amide bonds. The van der Waals surface area contributed by atoms with Gasteiger partial charge in [0.15, 0.2) is 5.82 Å². The van der Waals surface area contributed by atoms with Crippen molar-refractivity contribution in [2.75, 3.05) is 29.9 Å². The first-order valence-electron chi connectivity index (χ1n) is 12.1. The molecule has 6 rings (SSSR count). The van der Waals surface area contributed by atoms with E-state index in [1.165, 1.54) is 16.7 Å². The van der Waals surface area contributed by atoms with Gasteiger partial charge >= 0.3 is 6.18 Å². The number of nitrogens with zero attached hydrogens (tertiary/aromatic N) is 5. The van der Waals surface area contributed by atoms with Crippen LogP contribution in [0.3, 0.4) is 0 Å². The first-order chi connectivity index (χ1) is 16.6. The largest absolute Gasteiger partial charge is 0.401 e. The zero-order valence-electron chi connectivity index (χ0n) is 20.5. The summed E-state index contributed by atoms with van der Waals surface area (Å²) in [6, 6.07) is 8.23. The zero-order chi connectivity index (χ0) is 24.9. The normalized spacial score (nSPS) is 21.5. The molecule has 9 heteroatoms. The molecule has 6 nitrogen and oxygen atoms in total. The molecule has 0 aliphatic carbocycles. The molecule has 0 spiro atoms. The Morgan fingerprint density at radius 2 is 1.83 bits per heavy atom. The van der Waals surface area contributed by atoms with Gasteiger partial charge in [-0.1, -0.05) is 18.2 Å². The van der Waals surface area contributed by atoms with Crippen molar-refractivity contribution in [3.8, 4) is 0 Å². The van der Waals surface area contributed by atoms with Crippen molar-refractivity contribution in [1.29, 1.82) is 0 Å². The average Bonchev–Trinajstić information content (AvgIpc) is 2.81. The molecular formula is C26H31F3N6. The molecule has 3 aliphatic rings. The molecule has 0 saturated carbocycles. The molecule has 1 aromatic carbocycles. The van der Waals surface area contributed by atoms with Gasteiger partial charge in [0, 0.05) is 42.1 Å². The highest BCUT2D eigenvalue weighted by molar-refractivity contribution is 5.94. The molecule has 5 heterocycles. The lowest BCUT2D eigenvalue weighted by molar-refractivity contribution is -0.156. The number of aromatic nitrogens is 3. The van der Waals surface area contributed by atoms with Crippen LogP contribution in [-0.2, 0) is 0 Å². The Hall–Kier alpha value is -2.94. The van der Waals surface area contributed by atoms with E-state index in [9.17, 15) is 13.2 Å². The standard InChI is InChI=1S/C26H31F3N6/c1-15-6-5-7-21(16(15)2)17(3)31-25-22-10-24(30-11-23(22)18(4)32-33-25)35-13-19-8-9-20(35)12-34(19)14-26(27,28)29/h5-7,10-11,17,19-20H,8-9,12-14H2,1-4H3,(H,31,33)/t17-,19-,20?/m1/s1. The Kier molecular flexibility index (Phi) is 6.07. The Bertz CT molecular complexity index is 1240. The fourth-order valence-corrected chi connectivity index (χ4v) is 5.57. The second kappa shape index (κ2) is 8.93. The minimum absolute atomic E-state index is 0.0217. The fraction of sp³-hybridized carbons (Fsp3) is 0.500. The smallest absolute Gasteiger partial charge is 0.362 e. The SMILES string of the molecule is Cc1cccc([C@@H](C)Nc2nnc(C)c3cnc(N4C[C@H]5CCC4CN5CC(F)(F)F)cc23)c1C. The van der Waals surface area contributed by atoms with E-state index < -0.39 is 12.7 Å². The van der Waals surface area contributed by atoms with Gasteiger partial charge in [-0.05, 0) is 63.3 Å². The third-order valence-electron chi connectivity index (χ3n) is 7.62. The molecule has 3 aromatic rings. The van der Waals surface area contributed by atoms with E-state index in [0.717, 1.165) is 35.1 Å². The Morgan fingerprint density at radius 3 is 2.54 bits per heavy atom. The van der Waals surface area contributed by atoms with Crippen LogP contribution < -0.4 is 10.2 Å². The Balaban J connectivity index is 1.44. The number of alkyl halides is 3. The number of aryl methyl sites for hydroxylation is 2. The summed E-state index contributed by atoms with van der Waals surface area (Å²) in [4.78, 5) is 8.46. The lowest BCUT2D eigenvalue weighted by Crippen LogP contribution is -2.64. The fourth-order valence-electron chi connectivity index (χ4n) is 5.57. The third kappa shape index (κ3) is 4.66. The Morgan fingerprint density at radius 1 is 1.06 bits per heavy atom. The second-order valence-electron chi connectivity index (χ2n) is 9.96. The minimum Gasteiger partial charge on any atom is -0.362 e. The van der Waals surface area contributed by atoms with Crippen molar-refractivity contribution in [2.45, 2.75) is 64.8 Å². The van der Waals surface area contributed by atoms with Crippen molar-refractivity contribution >= 4 is 22.4 Å². The minimum atomic E-state index is -4.17. The molecule has 3 aliphatic heterocycles. The zero-order valence-corrected chi connectivity index (χ0v) is 20.5. The van der Waals surface area contributed by atoms with Crippen molar-refractivity contribution in [3.63, 3.8) is 0 Å². The van der Waals surface area contributed by atoms with E-state index in [1.807, 2.05) is 19.2 Å². The van der Waals surface area contributed by atoms with Gasteiger partial charge in [0.25, 0.3) is 0 Å². The molecule has 186 valence electrons. The van der Waals surface area contributed by atoms with Crippen LogP contribution in [0.15, 0.2) is 30.5 Å². The van der Waals surface area contributed by atoms with Crippen LogP contribution in [0.4, 0.5) is 24.8 Å². The number of piperidine rings is 2. The summed E-state index contributed by atoms with van der Waals surface area (Å²) in [5.41, 5.74) is 4.47. The topological polar surface area (TPSA) is 57.2 Å². The van der Waals surface area contributed by atoms with Crippen LogP contribution in [0, 0.1) is 20.8 Å². The summed E-state index contributed by atoms with van der Waals surface area (Å²) in [5, 5.41) is 14.2. The molecule has 2 aromatic heterocycles. The number of nitrogens with one attached hydrogen (secondary N) is 1. The summed E-state index contributed by atoms with van der Waals surface area (Å²) in [5.74, 6) is 1.47. The van der Waals surface area contributed by atoms with E-state index in [1.54, 1.807) is 4.90 Å². The molecular weight excluding hydrogens is 453 g/mol. The summed E-state index contributed by atoms with van der Waals surface area (Å²) < 4.78 is 39.1. The van der Waals surface area contributed by atoms with Gasteiger partial charge in [-0.15, -0.1) is 5.10 Å². The van der Waals surface area contributed by atoms with E-state index >= 15 is 0 Å². The molecule has 2 bridgehead atoms. The van der Waals surface area contributed by atoms with Crippen LogP contribution in [0.2, 0.25) is 0 Å². The van der Waals surface area contributed by atoms with Gasteiger partial charge < -0.3 is 10.2 Å². The number of benzene rings is 1. The van der Waals surface area contributed by atoms with Crippen molar-refractivity contribution in [3.05, 3.63) is 52.8 Å². The van der Waals surface area contributed by atoms with Crippen molar-refractivity contribution in [1.82, 2.24) is 20.1 Å². The highest BCUT2D eigenvalue weighted by Crippen LogP contribution is 2.36. The molecule has 1 unspecified atom stereocenters. The molecule has 35 heavy (non-hydrogen) atoms. The highest BCUT2D eigenvalue weighted by Gasteiger charge is 2.43. The quantitative estimate of drug-likeness (QED) is 0.528. The predicted molar refractivity (Wildman–Crippen MR) is 132 cm³/mol. The number of halogens is 3. The summed E-state index contributed by atoms with van der Waals surface area (Å²) in [7, 11) is 0. The lowest BCUT2D eigenvalue weighted by atomic mass is 9.90. The van der Waals surface area contributed by atoms with Gasteiger partial charge in [-0.2, -0.15) is 18.3 Å². The van der Waals surface area contributed by atoms with Crippen LogP contribution in [-0.4, -0.2) is 58.0 Å². The van der Waals surface area contributed by atoms with Gasteiger partial charge in [-0.25, -0.2) is 4.98 Å². The summed E-state index contributed by atoms with van der Waals surface area (Å²) >= 11 is 0. The number of hydrogen-bond donors (Lipinski definition) is 1. The Labute approximate surface area is 203 Å². The number of pyridine rings is 1. The number of anilines is 2. The monoisotopic (exact) mass is 484 g/mol. The van der Waals surface area contributed by atoms with Crippen LogP contribution in [0.5, 0.6) is 0 Å². The number of hydrogen-bond acceptors (Lipinski definition) is 6. The van der Waals surface area contributed by atoms with Gasteiger partial charge in [0.1, 0.15) is 5.82 Å². The van der Waals surface area contributed by atoms with Crippen molar-refractivity contribution in [2.24, 2.45) is 0 Å². The van der Waals surface area contributed by atoms with Gasteiger partial charge in [-0.3, -0.25) is 4.90 Å². The number of rotatable bonds is 5. The highest BCUT2D eigenvalue weighted by atomic mass is 19.4. The summed E-state index contributed by atoms with van der Waals surface area (Å²) in [6.07, 6.45) is -0.693. The van der Waals surface area contributed by atoms with E-state index in [4.69, 9.17) is 4.98 Å². The first kappa shape index (κ1) is 23.8. The predicted octanol–water partition coefficient (Wildman–Crippen LogP) is 5.34. The lowest BCUT2D eigenvalue weighted by Gasteiger charge is -2.52. The van der Waals surface area contributed by atoms with Gasteiger partial charge in [0.05, 0.1) is 18.3 Å². The van der Waals surface area contributed by atoms with Crippen molar-refractivity contribution < 1.29 is 13.2 Å². The molecule has 0 radical (unpaired) electrons. The maximum Gasteiger partial charge on any atom is 0.401 e. The van der Waals surface area contributed by atoms with Crippen LogP contribution in [0.25, 0.3) is 10.8 Å². The average molecular weight is 485 g/mol. The maximum atomic E-state index is 13.0. The van der Waals surface area contributed by atoms with Gasteiger partial charge in [0.2, 0.25) is 0 Å². The number of piperazine rings is 1. The maximum absolute atomic E-state index is 13.0. The summed E-state index contributed by atoms with van der Waals surface area (Å²) in [6.45, 7) is 8.36. The molecule has 3 saturated heterocycles. The number of fused-ring (bicyclic) bond motifs is 4. The van der Waals surface area contributed by atoms with Crippen LogP contribution >= 0.6 is 0 Å². The van der Waals surface area contributed by atoms with E-state index in [0.29, 0.717) is 18.9 Å². The molecule has 3 atom stereocenters. The first-order valence-corrected chi connectivity index (χ1v) is 12.1. The molecule has 3 fully saturated rings. The van der Waals surface area contributed by atoms with E-state index in [2.05, 4.69) is 59.4 Å². The van der Waals surface area contributed by atoms with Crippen LogP contribution in [0.1, 0.15) is 48.2 Å². The molecule has 1 N–H and O–H groups in total. The second-order valence-corrected chi connectivity index (χ2v) is 9.96. The van der Waals surface area contributed by atoms with E-state index in [-0.39, 0.29) is 18.1 Å². The third-order valence-corrected chi connectivity index (χ3v) is 7.62.